The lowest BCUT2D eigenvalue weighted by Crippen LogP contribution is -2.55. The number of rotatable bonds is 8. The van der Waals surface area contributed by atoms with Crippen molar-refractivity contribution in [2.75, 3.05) is 5.75 Å². The minimum Gasteiger partial charge on any atom is -0.368 e. The summed E-state index contributed by atoms with van der Waals surface area (Å²) in [4.78, 5) is 34.9. The summed E-state index contributed by atoms with van der Waals surface area (Å²) in [7, 11) is 0. The zero-order valence-electron chi connectivity index (χ0n) is 12.5. The Balaban J connectivity index is 4.84. The Morgan fingerprint density at radius 2 is 1.65 bits per heavy atom. The Morgan fingerprint density at radius 1 is 1.10 bits per heavy atom. The average Bonchev–Trinajstić information content (AvgIpc) is 2.33. The number of hydrogen-bond donors (Lipinski definition) is 4. The van der Waals surface area contributed by atoms with Crippen molar-refractivity contribution in [3.05, 3.63) is 0 Å². The van der Waals surface area contributed by atoms with Crippen LogP contribution in [0.5, 0.6) is 0 Å². The molecule has 0 saturated carbocycles. The van der Waals surface area contributed by atoms with Gasteiger partial charge in [0.15, 0.2) is 0 Å². The largest absolute Gasteiger partial charge is 0.368 e. The van der Waals surface area contributed by atoms with Crippen molar-refractivity contribution in [2.45, 2.75) is 46.2 Å². The third-order valence-electron chi connectivity index (χ3n) is 2.77. The second kappa shape index (κ2) is 8.84. The van der Waals surface area contributed by atoms with Crippen molar-refractivity contribution in [1.82, 2.24) is 10.6 Å². The van der Waals surface area contributed by atoms with Gasteiger partial charge in [0.25, 0.3) is 0 Å². The van der Waals surface area contributed by atoms with Crippen LogP contribution in [0.15, 0.2) is 0 Å². The highest BCUT2D eigenvalue weighted by molar-refractivity contribution is 7.81. The zero-order valence-corrected chi connectivity index (χ0v) is 13.4. The van der Waals surface area contributed by atoms with E-state index in [4.69, 9.17) is 5.73 Å². The van der Waals surface area contributed by atoms with E-state index in [1.54, 1.807) is 13.8 Å². The molecule has 0 unspecified atom stereocenters. The molecule has 0 aromatic heterocycles. The van der Waals surface area contributed by atoms with Crippen molar-refractivity contribution >= 4 is 30.4 Å². The first-order valence-corrected chi connectivity index (χ1v) is 7.32. The Bertz CT molecular complexity index is 359. The molecule has 0 aliphatic rings. The van der Waals surface area contributed by atoms with Gasteiger partial charge < -0.3 is 16.4 Å². The molecule has 0 fully saturated rings. The van der Waals surface area contributed by atoms with Gasteiger partial charge in [-0.15, -0.1) is 0 Å². The van der Waals surface area contributed by atoms with E-state index in [9.17, 15) is 14.4 Å². The van der Waals surface area contributed by atoms with Gasteiger partial charge in [0, 0.05) is 0 Å². The summed E-state index contributed by atoms with van der Waals surface area (Å²) in [5, 5.41) is 5.20. The van der Waals surface area contributed by atoms with Crippen LogP contribution in [0.1, 0.15) is 34.1 Å². The number of primary amides is 1. The van der Waals surface area contributed by atoms with Gasteiger partial charge in [-0.1, -0.05) is 27.7 Å². The van der Waals surface area contributed by atoms with Crippen molar-refractivity contribution in [1.29, 1.82) is 0 Å². The van der Waals surface area contributed by atoms with Gasteiger partial charge in [-0.2, -0.15) is 12.6 Å². The van der Waals surface area contributed by atoms with Crippen molar-refractivity contribution < 1.29 is 14.4 Å². The Morgan fingerprint density at radius 3 is 2.00 bits per heavy atom. The number of nitrogens with two attached hydrogens (primary N) is 1. The van der Waals surface area contributed by atoms with E-state index in [0.717, 1.165) is 0 Å². The van der Waals surface area contributed by atoms with Gasteiger partial charge >= 0.3 is 0 Å². The number of amides is 3. The van der Waals surface area contributed by atoms with Gasteiger partial charge in [0.1, 0.15) is 12.1 Å². The second-order valence-electron chi connectivity index (χ2n) is 5.54. The lowest BCUT2D eigenvalue weighted by molar-refractivity contribution is -0.131. The summed E-state index contributed by atoms with van der Waals surface area (Å²) >= 11 is 3.87. The van der Waals surface area contributed by atoms with Crippen molar-refractivity contribution in [2.24, 2.45) is 17.6 Å². The summed E-state index contributed by atoms with van der Waals surface area (Å²) in [5.74, 6) is -1.20. The molecule has 0 aromatic rings. The quantitative estimate of drug-likeness (QED) is 0.477. The maximum Gasteiger partial charge on any atom is 0.243 e. The lowest BCUT2D eigenvalue weighted by atomic mass is 10.00. The predicted octanol–water partition coefficient (Wildman–Crippen LogP) is 0.0732. The first-order chi connectivity index (χ1) is 9.18. The van der Waals surface area contributed by atoms with Crippen molar-refractivity contribution in [3.63, 3.8) is 0 Å². The highest BCUT2D eigenvalue weighted by atomic mass is 32.1. The van der Waals surface area contributed by atoms with E-state index in [-0.39, 0.29) is 23.5 Å². The van der Waals surface area contributed by atoms with E-state index in [1.165, 1.54) is 0 Å². The molecule has 0 heterocycles. The molecule has 2 atom stereocenters. The van der Waals surface area contributed by atoms with E-state index in [0.29, 0.717) is 6.42 Å². The SMILES string of the molecule is CC(C)C[C@H](NC(=O)CS)C(=O)N[C@H](C(N)=O)C(C)C. The van der Waals surface area contributed by atoms with E-state index in [2.05, 4.69) is 23.3 Å². The molecule has 116 valence electrons. The van der Waals surface area contributed by atoms with Crippen LogP contribution in [0, 0.1) is 11.8 Å². The number of nitrogens with one attached hydrogen (secondary N) is 2. The van der Waals surface area contributed by atoms with Gasteiger partial charge in [-0.25, -0.2) is 0 Å². The molecule has 20 heavy (non-hydrogen) atoms. The second-order valence-corrected chi connectivity index (χ2v) is 5.86. The van der Waals surface area contributed by atoms with Gasteiger partial charge in [-0.3, -0.25) is 14.4 Å². The molecule has 4 N–H and O–H groups in total. The summed E-state index contributed by atoms with van der Waals surface area (Å²) in [6.45, 7) is 7.47. The fourth-order valence-corrected chi connectivity index (χ4v) is 1.85. The van der Waals surface area contributed by atoms with E-state index in [1.807, 2.05) is 13.8 Å². The van der Waals surface area contributed by atoms with Crippen LogP contribution in [-0.2, 0) is 14.4 Å². The third kappa shape index (κ3) is 6.79. The minimum atomic E-state index is -0.745. The van der Waals surface area contributed by atoms with Gasteiger partial charge in [0.2, 0.25) is 17.7 Å². The standard InChI is InChI=1S/C13H25N3O3S/c1-7(2)5-9(15-10(17)6-20)13(19)16-11(8(3)4)12(14)18/h7-9,11,20H,5-6H2,1-4H3,(H2,14,18)(H,15,17)(H,16,19)/t9-,11-/m0/s1. The van der Waals surface area contributed by atoms with Crippen LogP contribution in [0.4, 0.5) is 0 Å². The average molecular weight is 303 g/mol. The molecule has 0 saturated heterocycles. The van der Waals surface area contributed by atoms with Crippen LogP contribution in [0.25, 0.3) is 0 Å². The fraction of sp³-hybridized carbons (Fsp3) is 0.769. The van der Waals surface area contributed by atoms with Crippen LogP contribution < -0.4 is 16.4 Å². The highest BCUT2D eigenvalue weighted by Crippen LogP contribution is 2.07. The molecule has 6 nitrogen and oxygen atoms in total. The summed E-state index contributed by atoms with van der Waals surface area (Å²) < 4.78 is 0. The summed E-state index contributed by atoms with van der Waals surface area (Å²) in [6, 6.07) is -1.43. The molecular formula is C13H25N3O3S. The molecule has 0 radical (unpaired) electrons. The number of thiol groups is 1. The molecule has 0 rings (SSSR count). The maximum absolute atomic E-state index is 12.2. The number of hydrogen-bond acceptors (Lipinski definition) is 4. The molecule has 0 aliphatic carbocycles. The monoisotopic (exact) mass is 303 g/mol. The van der Waals surface area contributed by atoms with Gasteiger partial charge in [0.05, 0.1) is 5.75 Å². The van der Waals surface area contributed by atoms with Gasteiger partial charge in [-0.05, 0) is 18.3 Å². The normalized spacial score (nSPS) is 13.9. The van der Waals surface area contributed by atoms with E-state index >= 15 is 0 Å². The molecule has 3 amide bonds. The lowest BCUT2D eigenvalue weighted by Gasteiger charge is -2.24. The molecular weight excluding hydrogens is 278 g/mol. The topological polar surface area (TPSA) is 101 Å². The number of carbonyl (C=O) groups excluding carboxylic acids is 3. The van der Waals surface area contributed by atoms with Crippen LogP contribution in [0.3, 0.4) is 0 Å². The van der Waals surface area contributed by atoms with Crippen LogP contribution in [-0.4, -0.2) is 35.6 Å². The summed E-state index contributed by atoms with van der Waals surface area (Å²) in [5.41, 5.74) is 5.26. The van der Waals surface area contributed by atoms with Crippen LogP contribution in [0.2, 0.25) is 0 Å². The first-order valence-electron chi connectivity index (χ1n) is 6.68. The Kier molecular flexibility index (Phi) is 8.29. The fourth-order valence-electron chi connectivity index (χ4n) is 1.76. The molecule has 0 bridgehead atoms. The first kappa shape index (κ1) is 18.8. The zero-order chi connectivity index (χ0) is 15.9. The summed E-state index contributed by atoms with van der Waals surface area (Å²) in [6.07, 6.45) is 0.481. The van der Waals surface area contributed by atoms with E-state index < -0.39 is 23.9 Å². The predicted molar refractivity (Wildman–Crippen MR) is 81.2 cm³/mol. The highest BCUT2D eigenvalue weighted by Gasteiger charge is 2.27. The molecule has 0 aromatic carbocycles. The molecule has 0 aliphatic heterocycles. The number of carbonyl (C=O) groups is 3. The van der Waals surface area contributed by atoms with Crippen molar-refractivity contribution in [3.8, 4) is 0 Å². The Labute approximate surface area is 125 Å². The molecule has 7 heteroatoms. The minimum absolute atomic E-state index is 0.00526. The molecule has 0 spiro atoms. The van der Waals surface area contributed by atoms with Crippen LogP contribution >= 0.6 is 12.6 Å². The third-order valence-corrected chi connectivity index (χ3v) is 3.06. The smallest absolute Gasteiger partial charge is 0.243 e. The Hall–Kier alpha value is -1.24. The maximum atomic E-state index is 12.2.